The largest absolute Gasteiger partial charge is 0.376 e. The lowest BCUT2D eigenvalue weighted by Crippen LogP contribution is -2.17. The smallest absolute Gasteiger partial charge is 0.255 e. The topological polar surface area (TPSA) is 32.3 Å². The van der Waals surface area contributed by atoms with Gasteiger partial charge in [0.2, 0.25) is 0 Å². The Morgan fingerprint density at radius 1 is 1.10 bits per heavy atom. The Bertz CT molecular complexity index is 680. The van der Waals surface area contributed by atoms with Gasteiger partial charge in [-0.3, -0.25) is 4.79 Å². The maximum atomic E-state index is 12.5. The summed E-state index contributed by atoms with van der Waals surface area (Å²) in [5.41, 5.74) is 4.31. The van der Waals surface area contributed by atoms with E-state index in [1.54, 1.807) is 6.07 Å². The van der Waals surface area contributed by atoms with E-state index in [9.17, 15) is 4.79 Å². The van der Waals surface area contributed by atoms with Gasteiger partial charge in [0.15, 0.2) is 0 Å². The summed E-state index contributed by atoms with van der Waals surface area (Å²) in [5, 5.41) is 3.55. The first-order valence-corrected chi connectivity index (χ1v) is 7.12. The Morgan fingerprint density at radius 2 is 1.81 bits per heavy atom. The standard InChI is InChI=1S/C17H19ClN2O/c1-11-5-6-12(2)14(9-11)17(21)19-15-10-13(18)7-8-16(15)20(3)4/h5-10H,1-4H3,(H,19,21). The molecule has 4 heteroatoms. The molecule has 2 aromatic carbocycles. The van der Waals surface area contributed by atoms with Crippen LogP contribution in [-0.2, 0) is 0 Å². The van der Waals surface area contributed by atoms with Crippen LogP contribution in [0.5, 0.6) is 0 Å². The molecule has 0 aliphatic rings. The van der Waals surface area contributed by atoms with Crippen LogP contribution in [0.15, 0.2) is 36.4 Å². The predicted octanol–water partition coefficient (Wildman–Crippen LogP) is 4.28. The number of carbonyl (C=O) groups is 1. The summed E-state index contributed by atoms with van der Waals surface area (Å²) < 4.78 is 0. The molecule has 1 amide bonds. The molecule has 0 radical (unpaired) electrons. The van der Waals surface area contributed by atoms with Crippen LogP contribution in [0.4, 0.5) is 11.4 Å². The molecule has 0 saturated heterocycles. The third-order valence-electron chi connectivity index (χ3n) is 3.33. The number of rotatable bonds is 3. The van der Waals surface area contributed by atoms with Gasteiger partial charge in [-0.05, 0) is 43.7 Å². The minimum absolute atomic E-state index is 0.124. The number of halogens is 1. The van der Waals surface area contributed by atoms with Gasteiger partial charge in [-0.25, -0.2) is 0 Å². The Balaban J connectivity index is 2.35. The normalized spacial score (nSPS) is 10.3. The van der Waals surface area contributed by atoms with Gasteiger partial charge >= 0.3 is 0 Å². The van der Waals surface area contributed by atoms with E-state index in [-0.39, 0.29) is 5.91 Å². The Morgan fingerprint density at radius 3 is 2.48 bits per heavy atom. The number of anilines is 2. The van der Waals surface area contributed by atoms with E-state index in [0.29, 0.717) is 16.3 Å². The molecule has 0 heterocycles. The van der Waals surface area contributed by atoms with Crippen LogP contribution >= 0.6 is 11.6 Å². The van der Waals surface area contributed by atoms with Crippen molar-refractivity contribution in [3.05, 3.63) is 58.1 Å². The lowest BCUT2D eigenvalue weighted by molar-refractivity contribution is 0.102. The number of carbonyl (C=O) groups excluding carboxylic acids is 1. The van der Waals surface area contributed by atoms with Crippen molar-refractivity contribution in [3.63, 3.8) is 0 Å². The molecule has 0 aliphatic heterocycles. The highest BCUT2D eigenvalue weighted by molar-refractivity contribution is 6.31. The molecule has 0 atom stereocenters. The molecule has 0 aliphatic carbocycles. The van der Waals surface area contributed by atoms with E-state index >= 15 is 0 Å². The van der Waals surface area contributed by atoms with Gasteiger partial charge in [0, 0.05) is 24.7 Å². The average Bonchev–Trinajstić information content (AvgIpc) is 2.41. The van der Waals surface area contributed by atoms with Crippen molar-refractivity contribution in [1.82, 2.24) is 0 Å². The second kappa shape index (κ2) is 6.19. The van der Waals surface area contributed by atoms with E-state index in [1.807, 2.05) is 63.2 Å². The van der Waals surface area contributed by atoms with Crippen molar-refractivity contribution in [1.29, 1.82) is 0 Å². The quantitative estimate of drug-likeness (QED) is 0.918. The Kier molecular flexibility index (Phi) is 4.53. The SMILES string of the molecule is Cc1ccc(C)c(C(=O)Nc2cc(Cl)ccc2N(C)C)c1. The van der Waals surface area contributed by atoms with Crippen LogP contribution in [0.1, 0.15) is 21.5 Å². The molecule has 0 aromatic heterocycles. The van der Waals surface area contributed by atoms with E-state index in [1.165, 1.54) is 0 Å². The molecule has 0 spiro atoms. The minimum Gasteiger partial charge on any atom is -0.376 e. The van der Waals surface area contributed by atoms with Crippen LogP contribution < -0.4 is 10.2 Å². The number of aryl methyl sites for hydroxylation is 2. The van der Waals surface area contributed by atoms with Gasteiger partial charge < -0.3 is 10.2 Å². The summed E-state index contributed by atoms with van der Waals surface area (Å²) >= 11 is 6.04. The van der Waals surface area contributed by atoms with Gasteiger partial charge in [0.05, 0.1) is 11.4 Å². The van der Waals surface area contributed by atoms with Gasteiger partial charge in [-0.2, -0.15) is 0 Å². The number of nitrogens with zero attached hydrogens (tertiary/aromatic N) is 1. The van der Waals surface area contributed by atoms with Gasteiger partial charge in [0.25, 0.3) is 5.91 Å². The predicted molar refractivity (Wildman–Crippen MR) is 89.6 cm³/mol. The highest BCUT2D eigenvalue weighted by Crippen LogP contribution is 2.28. The van der Waals surface area contributed by atoms with Crippen LogP contribution in [-0.4, -0.2) is 20.0 Å². The first-order chi connectivity index (χ1) is 9.88. The van der Waals surface area contributed by atoms with Crippen molar-refractivity contribution in [3.8, 4) is 0 Å². The van der Waals surface area contributed by atoms with Gasteiger partial charge in [0.1, 0.15) is 0 Å². The monoisotopic (exact) mass is 302 g/mol. The van der Waals surface area contributed by atoms with Crippen molar-refractivity contribution in [2.24, 2.45) is 0 Å². The van der Waals surface area contributed by atoms with E-state index in [0.717, 1.165) is 16.8 Å². The summed E-state index contributed by atoms with van der Waals surface area (Å²) in [6.45, 7) is 3.90. The second-order valence-corrected chi connectivity index (χ2v) is 5.76. The molecule has 21 heavy (non-hydrogen) atoms. The summed E-state index contributed by atoms with van der Waals surface area (Å²) in [6.07, 6.45) is 0. The highest BCUT2D eigenvalue weighted by Gasteiger charge is 2.13. The van der Waals surface area contributed by atoms with Crippen LogP contribution in [0, 0.1) is 13.8 Å². The van der Waals surface area contributed by atoms with Crippen molar-refractivity contribution in [2.75, 3.05) is 24.3 Å². The molecule has 110 valence electrons. The summed E-state index contributed by atoms with van der Waals surface area (Å²) in [7, 11) is 3.85. The number of hydrogen-bond donors (Lipinski definition) is 1. The lowest BCUT2D eigenvalue weighted by atomic mass is 10.0. The summed E-state index contributed by atoms with van der Waals surface area (Å²) in [5.74, 6) is -0.124. The molecular formula is C17H19ClN2O. The molecule has 0 fully saturated rings. The maximum absolute atomic E-state index is 12.5. The second-order valence-electron chi connectivity index (χ2n) is 5.33. The molecule has 2 aromatic rings. The fourth-order valence-corrected chi connectivity index (χ4v) is 2.34. The molecule has 1 N–H and O–H groups in total. The van der Waals surface area contributed by atoms with Crippen LogP contribution in [0.25, 0.3) is 0 Å². The average molecular weight is 303 g/mol. The van der Waals surface area contributed by atoms with Crippen LogP contribution in [0.2, 0.25) is 5.02 Å². The first kappa shape index (κ1) is 15.4. The number of benzene rings is 2. The fourth-order valence-electron chi connectivity index (χ4n) is 2.17. The first-order valence-electron chi connectivity index (χ1n) is 6.74. The summed E-state index contributed by atoms with van der Waals surface area (Å²) in [4.78, 5) is 14.4. The van der Waals surface area contributed by atoms with E-state index < -0.39 is 0 Å². The molecular weight excluding hydrogens is 284 g/mol. The van der Waals surface area contributed by atoms with Crippen molar-refractivity contribution >= 4 is 28.9 Å². The lowest BCUT2D eigenvalue weighted by Gasteiger charge is -2.18. The minimum atomic E-state index is -0.124. The number of amides is 1. The third kappa shape index (κ3) is 3.56. The van der Waals surface area contributed by atoms with Gasteiger partial charge in [-0.1, -0.05) is 29.3 Å². The zero-order valence-electron chi connectivity index (χ0n) is 12.7. The summed E-state index contributed by atoms with van der Waals surface area (Å²) in [6, 6.07) is 11.3. The van der Waals surface area contributed by atoms with E-state index in [4.69, 9.17) is 11.6 Å². The number of hydrogen-bond acceptors (Lipinski definition) is 2. The number of nitrogens with one attached hydrogen (secondary N) is 1. The highest BCUT2D eigenvalue weighted by atomic mass is 35.5. The maximum Gasteiger partial charge on any atom is 0.255 e. The van der Waals surface area contributed by atoms with E-state index in [2.05, 4.69) is 5.32 Å². The molecule has 0 bridgehead atoms. The van der Waals surface area contributed by atoms with Gasteiger partial charge in [-0.15, -0.1) is 0 Å². The fraction of sp³-hybridized carbons (Fsp3) is 0.235. The van der Waals surface area contributed by atoms with Crippen LogP contribution in [0.3, 0.4) is 0 Å². The van der Waals surface area contributed by atoms with Crippen molar-refractivity contribution < 1.29 is 4.79 Å². The Labute approximate surface area is 130 Å². The zero-order chi connectivity index (χ0) is 15.6. The third-order valence-corrected chi connectivity index (χ3v) is 3.56. The molecule has 3 nitrogen and oxygen atoms in total. The Hall–Kier alpha value is -2.00. The van der Waals surface area contributed by atoms with Crippen molar-refractivity contribution in [2.45, 2.75) is 13.8 Å². The zero-order valence-corrected chi connectivity index (χ0v) is 13.5. The molecule has 0 saturated carbocycles. The molecule has 0 unspecified atom stereocenters. The molecule has 2 rings (SSSR count).